The van der Waals surface area contributed by atoms with E-state index in [4.69, 9.17) is 24.7 Å². The fourth-order valence-electron chi connectivity index (χ4n) is 5.00. The minimum absolute atomic E-state index is 0.0467. The van der Waals surface area contributed by atoms with Crippen LogP contribution in [0, 0.1) is 0 Å². The molecule has 2 heterocycles. The highest BCUT2D eigenvalue weighted by atomic mass is 32.2. The second kappa shape index (κ2) is 23.6. The van der Waals surface area contributed by atoms with Crippen LogP contribution in [0.15, 0.2) is 0 Å². The Morgan fingerprint density at radius 3 is 2.17 bits per heavy atom. The number of ether oxygens (including phenoxy) is 4. The van der Waals surface area contributed by atoms with Crippen LogP contribution in [-0.2, 0) is 38.1 Å². The zero-order valence-corrected chi connectivity index (χ0v) is 29.5. The van der Waals surface area contributed by atoms with E-state index >= 15 is 0 Å². The van der Waals surface area contributed by atoms with Gasteiger partial charge in [-0.15, -0.1) is 0 Å². The number of unbranched alkanes of at least 4 members (excludes halogenated alkanes) is 1. The Bertz CT molecular complexity index is 1000. The van der Waals surface area contributed by atoms with Gasteiger partial charge in [0, 0.05) is 42.6 Å². The normalized spacial score (nSPS) is 19.2. The maximum atomic E-state index is 12.2. The first-order chi connectivity index (χ1) is 22.9. The summed E-state index contributed by atoms with van der Waals surface area (Å²) in [5, 5.41) is 17.7. The second-order valence-corrected chi connectivity index (χ2v) is 14.0. The first kappa shape index (κ1) is 41.5. The SMILES string of the molecule is CC(C)(C)NCCOCCOCC(=O)NCCOCCOCC(=O)NC(CCCNC(=O)CCCCC1SCC2NC(=O)NC21)C(N)=O. The van der Waals surface area contributed by atoms with E-state index in [1.54, 1.807) is 0 Å². The first-order valence-corrected chi connectivity index (χ1v) is 17.9. The van der Waals surface area contributed by atoms with Gasteiger partial charge in [0.1, 0.15) is 19.3 Å². The predicted molar refractivity (Wildman–Crippen MR) is 181 cm³/mol. The average Bonchev–Trinajstić information content (AvgIpc) is 3.57. The molecule has 0 bridgehead atoms. The van der Waals surface area contributed by atoms with Crippen LogP contribution < -0.4 is 37.6 Å². The number of primary amides is 1. The van der Waals surface area contributed by atoms with Crippen LogP contribution in [-0.4, -0.2) is 137 Å². The molecule has 0 radical (unpaired) electrons. The number of carbonyl (C=O) groups excluding carboxylic acids is 5. The fourth-order valence-corrected chi connectivity index (χ4v) is 6.54. The van der Waals surface area contributed by atoms with Crippen molar-refractivity contribution < 1.29 is 42.9 Å². The standard InChI is InChI=1S/C31H57N7O9S/c1-31(2,3)35-12-14-45-16-17-46-19-26(40)34-11-13-44-15-18-47-20-27(41)36-22(29(32)42)7-6-10-33-25(39)9-5-4-8-24-28-23(21-48-24)37-30(43)38-28/h22-24,28,35H,4-21H2,1-3H3,(H2,32,42)(H,33,39)(H,34,40)(H,36,41)(H2,37,38,43). The lowest BCUT2D eigenvalue weighted by molar-refractivity contribution is -0.131. The third-order valence-corrected chi connectivity index (χ3v) is 8.94. The van der Waals surface area contributed by atoms with Gasteiger partial charge in [-0.2, -0.15) is 11.8 Å². The number of amides is 6. The number of carbonyl (C=O) groups is 5. The highest BCUT2D eigenvalue weighted by Crippen LogP contribution is 2.33. The van der Waals surface area contributed by atoms with Crippen molar-refractivity contribution in [1.82, 2.24) is 31.9 Å². The summed E-state index contributed by atoms with van der Waals surface area (Å²) in [5.74, 6) is -0.550. The maximum Gasteiger partial charge on any atom is 0.315 e. The molecule has 0 saturated carbocycles. The third-order valence-electron chi connectivity index (χ3n) is 7.43. The Morgan fingerprint density at radius 1 is 0.833 bits per heavy atom. The van der Waals surface area contributed by atoms with Crippen molar-refractivity contribution in [3.8, 4) is 0 Å². The molecule has 0 aromatic heterocycles. The summed E-state index contributed by atoms with van der Waals surface area (Å²) in [7, 11) is 0. The molecule has 0 aromatic rings. The van der Waals surface area contributed by atoms with Gasteiger partial charge in [-0.25, -0.2) is 4.79 Å². The molecule has 17 heteroatoms. The highest BCUT2D eigenvalue weighted by Gasteiger charge is 2.42. The number of fused-ring (bicyclic) bond motifs is 1. The lowest BCUT2D eigenvalue weighted by atomic mass is 10.0. The molecule has 0 aromatic carbocycles. The molecule has 0 spiro atoms. The van der Waals surface area contributed by atoms with E-state index < -0.39 is 17.9 Å². The molecule has 2 aliphatic heterocycles. The second-order valence-electron chi connectivity index (χ2n) is 12.7. The third kappa shape index (κ3) is 19.3. The van der Waals surface area contributed by atoms with Crippen molar-refractivity contribution in [3.05, 3.63) is 0 Å². The molecule has 6 amide bonds. The van der Waals surface area contributed by atoms with Crippen LogP contribution >= 0.6 is 11.8 Å². The summed E-state index contributed by atoms with van der Waals surface area (Å²) in [4.78, 5) is 59.4. The Kier molecular flexibility index (Phi) is 20.4. The van der Waals surface area contributed by atoms with Crippen molar-refractivity contribution in [1.29, 1.82) is 0 Å². The predicted octanol–water partition coefficient (Wildman–Crippen LogP) is -0.851. The number of thioether (sulfide) groups is 1. The molecule has 16 nitrogen and oxygen atoms in total. The Morgan fingerprint density at radius 2 is 1.48 bits per heavy atom. The monoisotopic (exact) mass is 703 g/mol. The van der Waals surface area contributed by atoms with E-state index in [2.05, 4.69) is 52.7 Å². The van der Waals surface area contributed by atoms with E-state index in [1.807, 2.05) is 11.8 Å². The van der Waals surface area contributed by atoms with Gasteiger partial charge in [0.25, 0.3) is 0 Å². The summed E-state index contributed by atoms with van der Waals surface area (Å²) in [6.45, 7) is 9.28. The summed E-state index contributed by atoms with van der Waals surface area (Å²) >= 11 is 1.86. The Balaban J connectivity index is 1.38. The van der Waals surface area contributed by atoms with E-state index in [-0.39, 0.29) is 74.9 Å². The highest BCUT2D eigenvalue weighted by molar-refractivity contribution is 8.00. The van der Waals surface area contributed by atoms with Crippen molar-refractivity contribution in [2.24, 2.45) is 5.73 Å². The lowest BCUT2D eigenvalue weighted by Gasteiger charge is -2.20. The van der Waals surface area contributed by atoms with Crippen molar-refractivity contribution in [2.75, 3.05) is 78.2 Å². The van der Waals surface area contributed by atoms with Gasteiger partial charge in [-0.1, -0.05) is 6.42 Å². The first-order valence-electron chi connectivity index (χ1n) is 16.8. The molecule has 8 N–H and O–H groups in total. The van der Waals surface area contributed by atoms with Crippen LogP contribution in [0.3, 0.4) is 0 Å². The molecule has 0 aliphatic carbocycles. The molecule has 4 unspecified atom stereocenters. The van der Waals surface area contributed by atoms with Gasteiger partial charge in [0.2, 0.25) is 23.6 Å². The van der Waals surface area contributed by atoms with Crippen LogP contribution in [0.25, 0.3) is 0 Å². The molecular weight excluding hydrogens is 646 g/mol. The summed E-state index contributed by atoms with van der Waals surface area (Å²) in [5.41, 5.74) is 5.48. The summed E-state index contributed by atoms with van der Waals surface area (Å²) < 4.78 is 21.4. The quantitative estimate of drug-likeness (QED) is 0.0413. The van der Waals surface area contributed by atoms with E-state index in [0.29, 0.717) is 51.0 Å². The zero-order valence-electron chi connectivity index (χ0n) is 28.7. The van der Waals surface area contributed by atoms with Crippen LogP contribution in [0.1, 0.15) is 59.3 Å². The molecular formula is C31H57N7O9S. The summed E-state index contributed by atoms with van der Waals surface area (Å²) in [6.07, 6.45) is 3.76. The molecule has 2 rings (SSSR count). The van der Waals surface area contributed by atoms with E-state index in [1.165, 1.54) is 0 Å². The van der Waals surface area contributed by atoms with Gasteiger partial charge in [0.05, 0.1) is 51.7 Å². The fraction of sp³-hybridized carbons (Fsp3) is 0.839. The van der Waals surface area contributed by atoms with Crippen LogP contribution in [0.2, 0.25) is 0 Å². The smallest absolute Gasteiger partial charge is 0.315 e. The molecule has 2 fully saturated rings. The van der Waals surface area contributed by atoms with Crippen molar-refractivity contribution in [3.63, 3.8) is 0 Å². The molecule has 4 atom stereocenters. The number of hydrogen-bond donors (Lipinski definition) is 7. The van der Waals surface area contributed by atoms with Gasteiger partial charge < -0.3 is 56.6 Å². The average molecular weight is 704 g/mol. The number of urea groups is 1. The Labute approximate surface area is 288 Å². The zero-order chi connectivity index (χ0) is 35.2. The van der Waals surface area contributed by atoms with Crippen molar-refractivity contribution in [2.45, 2.75) is 88.2 Å². The number of nitrogens with two attached hydrogens (primary N) is 1. The molecule has 276 valence electrons. The van der Waals surface area contributed by atoms with Gasteiger partial charge >= 0.3 is 6.03 Å². The maximum absolute atomic E-state index is 12.2. The number of nitrogens with one attached hydrogen (secondary N) is 6. The number of rotatable bonds is 27. The minimum Gasteiger partial charge on any atom is -0.378 e. The lowest BCUT2D eigenvalue weighted by Crippen LogP contribution is -2.46. The van der Waals surface area contributed by atoms with Crippen LogP contribution in [0.5, 0.6) is 0 Å². The minimum atomic E-state index is -0.872. The number of hydrogen-bond acceptors (Lipinski definition) is 11. The van der Waals surface area contributed by atoms with Crippen molar-refractivity contribution >= 4 is 41.4 Å². The van der Waals surface area contributed by atoms with Gasteiger partial charge in [0.15, 0.2) is 0 Å². The Hall–Kier alpha value is -2.70. The molecule has 2 aliphatic rings. The molecule has 2 saturated heterocycles. The van der Waals surface area contributed by atoms with Crippen LogP contribution in [0.4, 0.5) is 4.79 Å². The van der Waals surface area contributed by atoms with Gasteiger partial charge in [-0.05, 0) is 46.5 Å². The molecule has 48 heavy (non-hydrogen) atoms. The summed E-state index contributed by atoms with van der Waals surface area (Å²) in [6, 6.07) is -0.601. The van der Waals surface area contributed by atoms with E-state index in [9.17, 15) is 24.0 Å². The largest absolute Gasteiger partial charge is 0.378 e. The van der Waals surface area contributed by atoms with E-state index in [0.717, 1.165) is 31.6 Å². The van der Waals surface area contributed by atoms with Gasteiger partial charge in [-0.3, -0.25) is 19.2 Å². The topological polar surface area (TPSA) is 220 Å².